The van der Waals surface area contributed by atoms with Crippen molar-refractivity contribution in [3.8, 4) is 11.4 Å². The fraction of sp³-hybridized carbons (Fsp3) is 0.429. The summed E-state index contributed by atoms with van der Waals surface area (Å²) >= 11 is 0. The largest absolute Gasteiger partial charge is 0.396 e. The van der Waals surface area contributed by atoms with E-state index in [1.165, 1.54) is 6.20 Å². The Morgan fingerprint density at radius 1 is 1.14 bits per heavy atom. The predicted octanol–water partition coefficient (Wildman–Crippen LogP) is 2.32. The van der Waals surface area contributed by atoms with Gasteiger partial charge in [-0.1, -0.05) is 0 Å². The molecule has 2 unspecified atom stereocenters. The standard InChI is InChI=1S/C14H12F3N5/c15-14(16,17)13-5-9(13)7-22(8-13)12-20-2-1-10(21-12)11-6-18-3-4-19-11/h1-4,6,9H,5,7-8H2. The fourth-order valence-corrected chi connectivity index (χ4v) is 3.15. The van der Waals surface area contributed by atoms with Crippen LogP contribution < -0.4 is 4.90 Å². The van der Waals surface area contributed by atoms with Gasteiger partial charge in [-0.15, -0.1) is 0 Å². The number of rotatable bonds is 2. The number of aromatic nitrogens is 4. The van der Waals surface area contributed by atoms with Crippen LogP contribution in [0.5, 0.6) is 0 Å². The minimum atomic E-state index is -4.16. The second-order valence-corrected chi connectivity index (χ2v) is 5.77. The molecule has 1 aliphatic carbocycles. The van der Waals surface area contributed by atoms with Crippen LogP contribution in [0.15, 0.2) is 30.9 Å². The Balaban J connectivity index is 1.61. The van der Waals surface area contributed by atoms with Crippen molar-refractivity contribution in [3.05, 3.63) is 30.9 Å². The van der Waals surface area contributed by atoms with Crippen molar-refractivity contribution in [1.29, 1.82) is 0 Å². The van der Waals surface area contributed by atoms with E-state index >= 15 is 0 Å². The van der Waals surface area contributed by atoms with Gasteiger partial charge in [-0.3, -0.25) is 9.97 Å². The van der Waals surface area contributed by atoms with E-state index in [0.29, 0.717) is 23.9 Å². The molecule has 5 nitrogen and oxygen atoms in total. The summed E-state index contributed by atoms with van der Waals surface area (Å²) < 4.78 is 39.4. The molecule has 2 aromatic rings. The zero-order chi connectivity index (χ0) is 15.4. The van der Waals surface area contributed by atoms with E-state index in [0.717, 1.165) is 0 Å². The lowest BCUT2D eigenvalue weighted by molar-refractivity contribution is -0.184. The van der Waals surface area contributed by atoms with Crippen LogP contribution in [0.3, 0.4) is 0 Å². The number of anilines is 1. The predicted molar refractivity (Wildman–Crippen MR) is 71.9 cm³/mol. The topological polar surface area (TPSA) is 54.8 Å². The second-order valence-electron chi connectivity index (χ2n) is 5.77. The molecule has 2 atom stereocenters. The van der Waals surface area contributed by atoms with Crippen LogP contribution in [-0.2, 0) is 0 Å². The average molecular weight is 307 g/mol. The Kier molecular flexibility index (Phi) is 2.67. The normalized spacial score (nSPS) is 26.9. The minimum Gasteiger partial charge on any atom is -0.340 e. The molecule has 22 heavy (non-hydrogen) atoms. The van der Waals surface area contributed by atoms with Crippen LogP contribution in [0.25, 0.3) is 11.4 Å². The van der Waals surface area contributed by atoms with E-state index < -0.39 is 11.6 Å². The summed E-state index contributed by atoms with van der Waals surface area (Å²) in [6, 6.07) is 1.67. The van der Waals surface area contributed by atoms with Crippen LogP contribution in [-0.4, -0.2) is 39.2 Å². The quantitative estimate of drug-likeness (QED) is 0.852. The maximum absolute atomic E-state index is 13.1. The Hall–Kier alpha value is -2.25. The summed E-state index contributed by atoms with van der Waals surface area (Å²) in [5, 5.41) is 0. The third-order valence-electron chi connectivity index (χ3n) is 4.46. The molecule has 0 bridgehead atoms. The smallest absolute Gasteiger partial charge is 0.340 e. The van der Waals surface area contributed by atoms with Gasteiger partial charge in [0.2, 0.25) is 5.95 Å². The van der Waals surface area contributed by atoms with E-state index in [2.05, 4.69) is 19.9 Å². The van der Waals surface area contributed by atoms with Crippen molar-refractivity contribution < 1.29 is 13.2 Å². The molecule has 0 N–H and O–H groups in total. The Labute approximate surface area is 124 Å². The molecular weight excluding hydrogens is 295 g/mol. The summed E-state index contributed by atoms with van der Waals surface area (Å²) in [5.74, 6) is -0.0183. The molecule has 1 aliphatic heterocycles. The lowest BCUT2D eigenvalue weighted by Gasteiger charge is -2.22. The van der Waals surface area contributed by atoms with Crippen LogP contribution in [0.1, 0.15) is 6.42 Å². The maximum atomic E-state index is 13.1. The van der Waals surface area contributed by atoms with Gasteiger partial charge in [-0.2, -0.15) is 13.2 Å². The Morgan fingerprint density at radius 2 is 2.00 bits per heavy atom. The number of alkyl halides is 3. The molecule has 0 amide bonds. The van der Waals surface area contributed by atoms with Gasteiger partial charge in [0.15, 0.2) is 0 Å². The molecule has 114 valence electrons. The maximum Gasteiger partial charge on any atom is 0.396 e. The van der Waals surface area contributed by atoms with Crippen molar-refractivity contribution in [2.45, 2.75) is 12.6 Å². The minimum absolute atomic E-state index is 0.0644. The summed E-state index contributed by atoms with van der Waals surface area (Å²) in [7, 11) is 0. The number of hydrogen-bond acceptors (Lipinski definition) is 5. The first kappa shape index (κ1) is 13.4. The number of hydrogen-bond donors (Lipinski definition) is 0. The van der Waals surface area contributed by atoms with Gasteiger partial charge in [0.1, 0.15) is 5.69 Å². The zero-order valence-corrected chi connectivity index (χ0v) is 11.5. The average Bonchev–Trinajstić information content (AvgIpc) is 3.11. The number of halogens is 3. The summed E-state index contributed by atoms with van der Waals surface area (Å²) in [6.07, 6.45) is 2.25. The lowest BCUT2D eigenvalue weighted by atomic mass is 10.1. The first-order valence-electron chi connectivity index (χ1n) is 6.91. The third kappa shape index (κ3) is 1.93. The molecule has 2 fully saturated rings. The molecule has 1 saturated carbocycles. The summed E-state index contributed by atoms with van der Waals surface area (Å²) in [4.78, 5) is 18.2. The molecular formula is C14H12F3N5. The highest BCUT2D eigenvalue weighted by atomic mass is 19.4. The molecule has 4 rings (SSSR count). The van der Waals surface area contributed by atoms with E-state index in [9.17, 15) is 13.2 Å². The molecule has 2 aromatic heterocycles. The third-order valence-corrected chi connectivity index (χ3v) is 4.46. The van der Waals surface area contributed by atoms with Gasteiger partial charge in [0.05, 0.1) is 17.3 Å². The van der Waals surface area contributed by atoms with Crippen molar-refractivity contribution in [1.82, 2.24) is 19.9 Å². The van der Waals surface area contributed by atoms with Gasteiger partial charge in [0, 0.05) is 31.7 Å². The lowest BCUT2D eigenvalue weighted by Crippen LogP contribution is -2.33. The highest BCUT2D eigenvalue weighted by Crippen LogP contribution is 2.66. The number of fused-ring (bicyclic) bond motifs is 1. The van der Waals surface area contributed by atoms with Gasteiger partial charge in [0.25, 0.3) is 0 Å². The first-order valence-corrected chi connectivity index (χ1v) is 6.91. The van der Waals surface area contributed by atoms with Crippen LogP contribution >= 0.6 is 0 Å². The van der Waals surface area contributed by atoms with Gasteiger partial charge in [-0.25, -0.2) is 9.97 Å². The Morgan fingerprint density at radius 3 is 2.68 bits per heavy atom. The van der Waals surface area contributed by atoms with Gasteiger partial charge >= 0.3 is 6.18 Å². The highest BCUT2D eigenvalue weighted by molar-refractivity contribution is 5.54. The second kappa shape index (κ2) is 4.37. The van der Waals surface area contributed by atoms with E-state index in [-0.39, 0.29) is 18.9 Å². The number of piperidine rings is 1. The van der Waals surface area contributed by atoms with Crippen molar-refractivity contribution in [2.24, 2.45) is 11.3 Å². The molecule has 1 saturated heterocycles. The molecule has 2 aliphatic rings. The number of nitrogens with zero attached hydrogens (tertiary/aromatic N) is 5. The summed E-state index contributed by atoms with van der Waals surface area (Å²) in [6.45, 7) is 0.286. The van der Waals surface area contributed by atoms with Crippen LogP contribution in [0.2, 0.25) is 0 Å². The highest BCUT2D eigenvalue weighted by Gasteiger charge is 2.74. The van der Waals surface area contributed by atoms with E-state index in [4.69, 9.17) is 0 Å². The monoisotopic (exact) mass is 307 g/mol. The molecule has 0 spiro atoms. The van der Waals surface area contributed by atoms with E-state index in [1.54, 1.807) is 29.6 Å². The summed E-state index contributed by atoms with van der Waals surface area (Å²) in [5.41, 5.74) is -0.431. The molecule has 8 heteroatoms. The van der Waals surface area contributed by atoms with Crippen molar-refractivity contribution in [3.63, 3.8) is 0 Å². The zero-order valence-electron chi connectivity index (χ0n) is 11.5. The van der Waals surface area contributed by atoms with Crippen molar-refractivity contribution in [2.75, 3.05) is 18.0 Å². The SMILES string of the molecule is FC(F)(F)C12CC1CN(c1nccc(-c3cnccn3)n1)C2. The molecule has 3 heterocycles. The fourth-order valence-electron chi connectivity index (χ4n) is 3.15. The Bertz CT molecular complexity index is 705. The van der Waals surface area contributed by atoms with Gasteiger partial charge < -0.3 is 4.90 Å². The van der Waals surface area contributed by atoms with Crippen LogP contribution in [0, 0.1) is 11.3 Å². The van der Waals surface area contributed by atoms with Crippen LogP contribution in [0.4, 0.5) is 19.1 Å². The molecule has 0 aromatic carbocycles. The first-order chi connectivity index (χ1) is 10.5. The van der Waals surface area contributed by atoms with Gasteiger partial charge in [-0.05, 0) is 18.4 Å². The molecule has 0 radical (unpaired) electrons. The van der Waals surface area contributed by atoms with E-state index in [1.807, 2.05) is 0 Å². The van der Waals surface area contributed by atoms with Crippen molar-refractivity contribution >= 4 is 5.95 Å².